The van der Waals surface area contributed by atoms with Gasteiger partial charge in [-0.2, -0.15) is 0 Å². The van der Waals surface area contributed by atoms with E-state index in [0.29, 0.717) is 24.3 Å². The van der Waals surface area contributed by atoms with Crippen molar-refractivity contribution in [2.24, 2.45) is 5.92 Å². The standard InChI is InChI=1S/C17H20N4O3/c1-24-15-6-12(8-19-10-15)17(11-4-14(22)5-11)21-16(23)7-13-9-18-2-3-20-13/h2-3,6,8-11,14,17,22H,4-5,7H2,1H3,(H,21,23)/t11?,14?,17-/m0/s1. The van der Waals surface area contributed by atoms with Crippen LogP contribution in [0.4, 0.5) is 0 Å². The second-order valence-electron chi connectivity index (χ2n) is 5.96. The summed E-state index contributed by atoms with van der Waals surface area (Å²) in [5.74, 6) is 0.685. The van der Waals surface area contributed by atoms with Gasteiger partial charge in [-0.3, -0.25) is 19.7 Å². The molecule has 24 heavy (non-hydrogen) atoms. The second kappa shape index (κ2) is 7.35. The summed E-state index contributed by atoms with van der Waals surface area (Å²) in [6.07, 6.45) is 9.24. The van der Waals surface area contributed by atoms with Crippen LogP contribution in [0.25, 0.3) is 0 Å². The highest BCUT2D eigenvalue weighted by Gasteiger charge is 2.36. The number of hydrogen-bond donors (Lipinski definition) is 2. The minimum atomic E-state index is -0.298. The minimum Gasteiger partial charge on any atom is -0.495 e. The van der Waals surface area contributed by atoms with Gasteiger partial charge in [-0.15, -0.1) is 0 Å². The maximum Gasteiger partial charge on any atom is 0.226 e. The summed E-state index contributed by atoms with van der Waals surface area (Å²) in [6.45, 7) is 0. The fourth-order valence-corrected chi connectivity index (χ4v) is 2.90. The Labute approximate surface area is 140 Å². The van der Waals surface area contributed by atoms with Crippen LogP contribution in [-0.2, 0) is 11.2 Å². The number of methoxy groups -OCH3 is 1. The number of hydrogen-bond acceptors (Lipinski definition) is 6. The summed E-state index contributed by atoms with van der Waals surface area (Å²) < 4.78 is 5.22. The van der Waals surface area contributed by atoms with Crippen LogP contribution in [0.3, 0.4) is 0 Å². The van der Waals surface area contributed by atoms with Crippen molar-refractivity contribution < 1.29 is 14.6 Å². The van der Waals surface area contributed by atoms with Gasteiger partial charge < -0.3 is 15.2 Å². The zero-order valence-electron chi connectivity index (χ0n) is 13.4. The number of pyridine rings is 1. The number of ether oxygens (including phenoxy) is 1. The molecule has 7 nitrogen and oxygen atoms in total. The van der Waals surface area contributed by atoms with E-state index < -0.39 is 0 Å². The molecular weight excluding hydrogens is 308 g/mol. The van der Waals surface area contributed by atoms with Crippen molar-refractivity contribution in [2.75, 3.05) is 7.11 Å². The van der Waals surface area contributed by atoms with E-state index in [1.807, 2.05) is 6.07 Å². The number of carbonyl (C=O) groups excluding carboxylic acids is 1. The van der Waals surface area contributed by atoms with Crippen molar-refractivity contribution in [2.45, 2.75) is 31.4 Å². The van der Waals surface area contributed by atoms with Crippen LogP contribution in [0.2, 0.25) is 0 Å². The molecule has 0 bridgehead atoms. The van der Waals surface area contributed by atoms with Crippen molar-refractivity contribution in [3.05, 3.63) is 48.3 Å². The Bertz CT molecular complexity index is 689. The topological polar surface area (TPSA) is 97.2 Å². The average molecular weight is 328 g/mol. The molecule has 0 spiro atoms. The SMILES string of the molecule is COc1cncc([C@@H](NC(=O)Cc2cnccn2)C2CC(O)C2)c1. The number of carbonyl (C=O) groups is 1. The van der Waals surface area contributed by atoms with Gasteiger partial charge in [0.2, 0.25) is 5.91 Å². The molecule has 2 heterocycles. The highest BCUT2D eigenvalue weighted by atomic mass is 16.5. The van der Waals surface area contributed by atoms with Gasteiger partial charge in [-0.1, -0.05) is 0 Å². The molecule has 2 aromatic heterocycles. The van der Waals surface area contributed by atoms with E-state index in [1.54, 1.807) is 38.1 Å². The Morgan fingerprint density at radius 1 is 1.33 bits per heavy atom. The Balaban J connectivity index is 1.73. The predicted octanol–water partition coefficient (Wildman–Crippen LogP) is 1.05. The molecular formula is C17H20N4O3. The molecule has 3 rings (SSSR count). The van der Waals surface area contributed by atoms with E-state index in [4.69, 9.17) is 4.74 Å². The zero-order chi connectivity index (χ0) is 16.9. The Kier molecular flexibility index (Phi) is 5.00. The third kappa shape index (κ3) is 3.86. The van der Waals surface area contributed by atoms with Crippen LogP contribution >= 0.6 is 0 Å². The maximum absolute atomic E-state index is 12.4. The monoisotopic (exact) mass is 328 g/mol. The zero-order valence-corrected chi connectivity index (χ0v) is 13.4. The molecule has 0 aliphatic heterocycles. The normalized spacial score (nSPS) is 20.8. The number of aliphatic hydroxyl groups is 1. The number of aliphatic hydroxyl groups excluding tert-OH is 1. The van der Waals surface area contributed by atoms with Crippen molar-refractivity contribution >= 4 is 5.91 Å². The second-order valence-corrected chi connectivity index (χ2v) is 5.96. The van der Waals surface area contributed by atoms with Gasteiger partial charge >= 0.3 is 0 Å². The number of amides is 1. The lowest BCUT2D eigenvalue weighted by molar-refractivity contribution is -0.122. The minimum absolute atomic E-state index is 0.135. The van der Waals surface area contributed by atoms with Crippen molar-refractivity contribution in [3.63, 3.8) is 0 Å². The summed E-state index contributed by atoms with van der Waals surface area (Å²) in [7, 11) is 1.58. The van der Waals surface area contributed by atoms with E-state index in [0.717, 1.165) is 5.56 Å². The maximum atomic E-state index is 12.4. The van der Waals surface area contributed by atoms with Gasteiger partial charge in [0.15, 0.2) is 0 Å². The largest absolute Gasteiger partial charge is 0.495 e. The van der Waals surface area contributed by atoms with Crippen molar-refractivity contribution in [3.8, 4) is 5.75 Å². The highest BCUT2D eigenvalue weighted by molar-refractivity contribution is 5.78. The summed E-state index contributed by atoms with van der Waals surface area (Å²) in [5.41, 5.74) is 1.49. The number of aromatic nitrogens is 3. The van der Waals surface area contributed by atoms with Gasteiger partial charge in [0, 0.05) is 24.8 Å². The molecule has 0 aromatic carbocycles. The Morgan fingerprint density at radius 2 is 2.17 bits per heavy atom. The number of rotatable bonds is 6. The van der Waals surface area contributed by atoms with Gasteiger partial charge in [0.05, 0.1) is 37.6 Å². The predicted molar refractivity (Wildman–Crippen MR) is 86.1 cm³/mol. The summed E-state index contributed by atoms with van der Waals surface area (Å²) in [6, 6.07) is 1.66. The lowest BCUT2D eigenvalue weighted by Gasteiger charge is -2.38. The lowest BCUT2D eigenvalue weighted by atomic mass is 9.75. The molecule has 2 N–H and O–H groups in total. The van der Waals surface area contributed by atoms with Crippen LogP contribution in [-0.4, -0.2) is 39.2 Å². The van der Waals surface area contributed by atoms with E-state index in [1.165, 1.54) is 0 Å². The molecule has 2 aromatic rings. The fourth-order valence-electron chi connectivity index (χ4n) is 2.90. The molecule has 126 valence electrons. The molecule has 0 unspecified atom stereocenters. The van der Waals surface area contributed by atoms with Crippen LogP contribution in [0.15, 0.2) is 37.1 Å². The first-order chi connectivity index (χ1) is 11.7. The molecule has 1 amide bonds. The summed E-state index contributed by atoms with van der Waals surface area (Å²) in [4.78, 5) is 24.6. The lowest BCUT2D eigenvalue weighted by Crippen LogP contribution is -2.42. The number of nitrogens with one attached hydrogen (secondary N) is 1. The van der Waals surface area contributed by atoms with Gasteiger partial charge in [-0.05, 0) is 30.4 Å². The average Bonchev–Trinajstić information content (AvgIpc) is 2.58. The first kappa shape index (κ1) is 16.3. The molecule has 1 aliphatic rings. The van der Waals surface area contributed by atoms with Crippen LogP contribution < -0.4 is 10.1 Å². The first-order valence-electron chi connectivity index (χ1n) is 7.87. The molecule has 7 heteroatoms. The van der Waals surface area contributed by atoms with Crippen LogP contribution in [0, 0.1) is 5.92 Å². The van der Waals surface area contributed by atoms with E-state index >= 15 is 0 Å². The van der Waals surface area contributed by atoms with Gasteiger partial charge in [0.25, 0.3) is 0 Å². The van der Waals surface area contributed by atoms with E-state index in [9.17, 15) is 9.90 Å². The third-order valence-electron chi connectivity index (χ3n) is 4.22. The van der Waals surface area contributed by atoms with Crippen LogP contribution in [0.5, 0.6) is 5.75 Å². The number of nitrogens with zero attached hydrogens (tertiary/aromatic N) is 3. The van der Waals surface area contributed by atoms with Gasteiger partial charge in [-0.25, -0.2) is 0 Å². The summed E-state index contributed by atoms with van der Waals surface area (Å²) in [5, 5.41) is 12.7. The van der Waals surface area contributed by atoms with Gasteiger partial charge in [0.1, 0.15) is 5.75 Å². The molecule has 0 radical (unpaired) electrons. The first-order valence-corrected chi connectivity index (χ1v) is 7.87. The molecule has 1 aliphatic carbocycles. The highest BCUT2D eigenvalue weighted by Crippen LogP contribution is 2.38. The van der Waals surface area contributed by atoms with Crippen LogP contribution in [0.1, 0.15) is 30.1 Å². The third-order valence-corrected chi connectivity index (χ3v) is 4.22. The fraction of sp³-hybridized carbons (Fsp3) is 0.412. The van der Waals surface area contributed by atoms with E-state index in [-0.39, 0.29) is 30.4 Å². The smallest absolute Gasteiger partial charge is 0.226 e. The Morgan fingerprint density at radius 3 is 2.83 bits per heavy atom. The molecule has 1 saturated carbocycles. The van der Waals surface area contributed by atoms with Crippen molar-refractivity contribution in [1.82, 2.24) is 20.3 Å². The quantitative estimate of drug-likeness (QED) is 0.823. The molecule has 0 saturated heterocycles. The van der Waals surface area contributed by atoms with E-state index in [2.05, 4.69) is 20.3 Å². The summed E-state index contributed by atoms with van der Waals surface area (Å²) >= 11 is 0. The molecule has 1 fully saturated rings. The molecule has 1 atom stereocenters. The van der Waals surface area contributed by atoms with Crippen molar-refractivity contribution in [1.29, 1.82) is 0 Å². The Hall–Kier alpha value is -2.54.